The van der Waals surface area contributed by atoms with E-state index in [4.69, 9.17) is 4.74 Å². The SMILES string of the molecule is CCCCN(Cc1ccccc1)C(=O)NC1CC(=O)N(c2ccc(OC)cc2)C1. The highest BCUT2D eigenvalue weighted by molar-refractivity contribution is 5.96. The Morgan fingerprint density at radius 1 is 1.17 bits per heavy atom. The van der Waals surface area contributed by atoms with Crippen molar-refractivity contribution in [3.8, 4) is 5.75 Å². The molecule has 6 heteroatoms. The summed E-state index contributed by atoms with van der Waals surface area (Å²) in [5.41, 5.74) is 1.92. The van der Waals surface area contributed by atoms with Gasteiger partial charge in [0, 0.05) is 31.7 Å². The van der Waals surface area contributed by atoms with Crippen LogP contribution >= 0.6 is 0 Å². The largest absolute Gasteiger partial charge is 0.497 e. The summed E-state index contributed by atoms with van der Waals surface area (Å²) in [7, 11) is 1.61. The lowest BCUT2D eigenvalue weighted by atomic mass is 10.2. The molecule has 1 saturated heterocycles. The van der Waals surface area contributed by atoms with E-state index in [1.807, 2.05) is 59.5 Å². The zero-order chi connectivity index (χ0) is 20.6. The van der Waals surface area contributed by atoms with Gasteiger partial charge in [-0.3, -0.25) is 4.79 Å². The van der Waals surface area contributed by atoms with Crippen molar-refractivity contribution in [2.75, 3.05) is 25.1 Å². The average Bonchev–Trinajstić information content (AvgIpc) is 3.11. The van der Waals surface area contributed by atoms with Gasteiger partial charge in [0.25, 0.3) is 0 Å². The second-order valence-corrected chi connectivity index (χ2v) is 7.31. The van der Waals surface area contributed by atoms with Gasteiger partial charge in [-0.15, -0.1) is 0 Å². The van der Waals surface area contributed by atoms with Crippen molar-refractivity contribution < 1.29 is 14.3 Å². The highest BCUT2D eigenvalue weighted by atomic mass is 16.5. The number of carbonyl (C=O) groups excluding carboxylic acids is 2. The number of ether oxygens (including phenoxy) is 1. The van der Waals surface area contributed by atoms with E-state index < -0.39 is 0 Å². The van der Waals surface area contributed by atoms with E-state index in [1.165, 1.54) is 0 Å². The highest BCUT2D eigenvalue weighted by Crippen LogP contribution is 2.24. The van der Waals surface area contributed by atoms with Crippen LogP contribution in [-0.2, 0) is 11.3 Å². The number of anilines is 1. The maximum absolute atomic E-state index is 12.9. The third-order valence-corrected chi connectivity index (χ3v) is 5.12. The van der Waals surface area contributed by atoms with E-state index >= 15 is 0 Å². The van der Waals surface area contributed by atoms with Gasteiger partial charge in [0.15, 0.2) is 0 Å². The van der Waals surface area contributed by atoms with Crippen molar-refractivity contribution in [1.82, 2.24) is 10.2 Å². The van der Waals surface area contributed by atoms with Crippen molar-refractivity contribution in [3.05, 3.63) is 60.2 Å². The molecule has 3 rings (SSSR count). The molecule has 0 aromatic heterocycles. The molecule has 1 atom stereocenters. The molecule has 6 nitrogen and oxygen atoms in total. The topological polar surface area (TPSA) is 61.9 Å². The quantitative estimate of drug-likeness (QED) is 0.739. The zero-order valence-corrected chi connectivity index (χ0v) is 17.1. The molecule has 1 fully saturated rings. The molecule has 3 amide bonds. The van der Waals surface area contributed by atoms with Gasteiger partial charge in [0.1, 0.15) is 5.75 Å². The van der Waals surface area contributed by atoms with Gasteiger partial charge in [0.2, 0.25) is 5.91 Å². The van der Waals surface area contributed by atoms with Crippen LogP contribution in [0, 0.1) is 0 Å². The molecule has 1 heterocycles. The summed E-state index contributed by atoms with van der Waals surface area (Å²) in [4.78, 5) is 28.9. The summed E-state index contributed by atoms with van der Waals surface area (Å²) in [6.07, 6.45) is 2.28. The fourth-order valence-corrected chi connectivity index (χ4v) is 3.49. The number of benzene rings is 2. The Kier molecular flexibility index (Phi) is 7.11. The van der Waals surface area contributed by atoms with E-state index in [9.17, 15) is 9.59 Å². The van der Waals surface area contributed by atoms with Crippen LogP contribution in [0.4, 0.5) is 10.5 Å². The van der Waals surface area contributed by atoms with Gasteiger partial charge >= 0.3 is 6.03 Å². The lowest BCUT2D eigenvalue weighted by Crippen LogP contribution is -2.45. The Morgan fingerprint density at radius 2 is 1.90 bits per heavy atom. The number of amides is 3. The molecule has 2 aromatic carbocycles. The number of nitrogens with one attached hydrogen (secondary N) is 1. The minimum Gasteiger partial charge on any atom is -0.497 e. The lowest BCUT2D eigenvalue weighted by molar-refractivity contribution is -0.117. The predicted octanol–water partition coefficient (Wildman–Crippen LogP) is 3.81. The number of methoxy groups -OCH3 is 1. The number of hydrogen-bond donors (Lipinski definition) is 1. The molecule has 0 saturated carbocycles. The highest BCUT2D eigenvalue weighted by Gasteiger charge is 2.32. The standard InChI is InChI=1S/C23H29N3O3/c1-3-4-14-25(16-18-8-6-5-7-9-18)23(28)24-19-15-22(27)26(17-19)20-10-12-21(29-2)13-11-20/h5-13,19H,3-4,14-17H2,1-2H3,(H,24,28). The summed E-state index contributed by atoms with van der Waals surface area (Å²) in [6.45, 7) is 3.85. The molecule has 29 heavy (non-hydrogen) atoms. The van der Waals surface area contributed by atoms with Crippen LogP contribution in [0.25, 0.3) is 0 Å². The molecule has 0 spiro atoms. The number of hydrogen-bond acceptors (Lipinski definition) is 3. The number of urea groups is 1. The first-order valence-corrected chi connectivity index (χ1v) is 10.1. The summed E-state index contributed by atoms with van der Waals surface area (Å²) >= 11 is 0. The molecule has 2 aromatic rings. The van der Waals surface area contributed by atoms with E-state index in [0.717, 1.165) is 29.8 Å². The Balaban J connectivity index is 1.62. The molecular formula is C23H29N3O3. The van der Waals surface area contributed by atoms with Crippen LogP contribution in [-0.4, -0.2) is 43.1 Å². The zero-order valence-electron chi connectivity index (χ0n) is 17.1. The normalized spacial score (nSPS) is 16.0. The van der Waals surface area contributed by atoms with Crippen molar-refractivity contribution in [2.45, 2.75) is 38.8 Å². The number of unbranched alkanes of at least 4 members (excludes halogenated alkanes) is 1. The van der Waals surface area contributed by atoms with Crippen LogP contribution < -0.4 is 15.0 Å². The Bertz CT molecular complexity index is 808. The van der Waals surface area contributed by atoms with Gasteiger partial charge in [-0.2, -0.15) is 0 Å². The minimum absolute atomic E-state index is 0.0173. The monoisotopic (exact) mass is 395 g/mol. The average molecular weight is 396 g/mol. The molecule has 0 radical (unpaired) electrons. The maximum atomic E-state index is 12.9. The van der Waals surface area contributed by atoms with Crippen molar-refractivity contribution in [1.29, 1.82) is 0 Å². The first-order valence-electron chi connectivity index (χ1n) is 10.1. The van der Waals surface area contributed by atoms with Gasteiger partial charge in [-0.1, -0.05) is 43.7 Å². The van der Waals surface area contributed by atoms with Crippen LogP contribution in [0.15, 0.2) is 54.6 Å². The van der Waals surface area contributed by atoms with E-state index in [1.54, 1.807) is 12.0 Å². The maximum Gasteiger partial charge on any atom is 0.317 e. The van der Waals surface area contributed by atoms with Crippen LogP contribution in [0.2, 0.25) is 0 Å². The van der Waals surface area contributed by atoms with Crippen LogP contribution in [0.1, 0.15) is 31.7 Å². The lowest BCUT2D eigenvalue weighted by Gasteiger charge is -2.25. The minimum atomic E-state index is -0.197. The third-order valence-electron chi connectivity index (χ3n) is 5.12. The number of rotatable bonds is 8. The Labute approximate surface area is 172 Å². The van der Waals surface area contributed by atoms with Gasteiger partial charge in [0.05, 0.1) is 13.2 Å². The fourth-order valence-electron chi connectivity index (χ4n) is 3.49. The first kappa shape index (κ1) is 20.7. The summed E-state index contributed by atoms with van der Waals surface area (Å²) in [5.74, 6) is 0.765. The number of carbonyl (C=O) groups is 2. The molecule has 0 bridgehead atoms. The molecular weight excluding hydrogens is 366 g/mol. The molecule has 1 aliphatic rings. The Hall–Kier alpha value is -3.02. The van der Waals surface area contributed by atoms with E-state index in [2.05, 4.69) is 12.2 Å². The van der Waals surface area contributed by atoms with Gasteiger partial charge in [-0.05, 0) is 36.2 Å². The van der Waals surface area contributed by atoms with Crippen LogP contribution in [0.3, 0.4) is 0 Å². The molecule has 154 valence electrons. The van der Waals surface area contributed by atoms with E-state index in [-0.39, 0.29) is 18.0 Å². The summed E-state index contributed by atoms with van der Waals surface area (Å²) < 4.78 is 5.17. The third kappa shape index (κ3) is 5.50. The van der Waals surface area contributed by atoms with Gasteiger partial charge < -0.3 is 19.9 Å². The fraction of sp³-hybridized carbons (Fsp3) is 0.391. The van der Waals surface area contributed by atoms with Crippen LogP contribution in [0.5, 0.6) is 5.75 Å². The second-order valence-electron chi connectivity index (χ2n) is 7.31. The van der Waals surface area contributed by atoms with Crippen molar-refractivity contribution in [3.63, 3.8) is 0 Å². The summed E-state index contributed by atoms with van der Waals surface area (Å²) in [5, 5.41) is 3.06. The predicted molar refractivity (Wildman–Crippen MR) is 114 cm³/mol. The van der Waals surface area contributed by atoms with Crippen molar-refractivity contribution >= 4 is 17.6 Å². The molecule has 0 aliphatic carbocycles. The number of nitrogens with zero attached hydrogens (tertiary/aromatic N) is 2. The Morgan fingerprint density at radius 3 is 2.55 bits per heavy atom. The van der Waals surface area contributed by atoms with Gasteiger partial charge in [-0.25, -0.2) is 4.79 Å². The summed E-state index contributed by atoms with van der Waals surface area (Å²) in [6, 6.07) is 17.1. The second kappa shape index (κ2) is 9.96. The first-order chi connectivity index (χ1) is 14.1. The smallest absolute Gasteiger partial charge is 0.317 e. The molecule has 1 unspecified atom stereocenters. The molecule has 1 N–H and O–H groups in total. The van der Waals surface area contributed by atoms with Crippen molar-refractivity contribution in [2.24, 2.45) is 0 Å². The molecule has 1 aliphatic heterocycles. The van der Waals surface area contributed by atoms with E-state index in [0.29, 0.717) is 26.1 Å².